The average Bonchev–Trinajstić information content (AvgIpc) is 2.89. The number of hydrogen-bond donors (Lipinski definition) is 1. The normalized spacial score (nSPS) is 12.1. The molecule has 1 atom stereocenters. The Morgan fingerprint density at radius 2 is 2.16 bits per heavy atom. The minimum atomic E-state index is -0.0112. The van der Waals surface area contributed by atoms with Crippen LogP contribution in [0.4, 0.5) is 0 Å². The molecule has 0 saturated heterocycles. The second-order valence-corrected chi connectivity index (χ2v) is 5.52. The molecule has 3 nitrogen and oxygen atoms in total. The standard InChI is InChI=1S/C15H18N2OS/c1-3-4-14-9-13(10-19-14)15(18)17-11(2)12-5-7-16-8-6-12/h5-11H,3-4H2,1-2H3,(H,17,18). The molecule has 1 amide bonds. The molecule has 1 N–H and O–H groups in total. The molecule has 0 aliphatic carbocycles. The maximum Gasteiger partial charge on any atom is 0.252 e. The second-order valence-electron chi connectivity index (χ2n) is 4.53. The van der Waals surface area contributed by atoms with E-state index in [4.69, 9.17) is 0 Å². The zero-order chi connectivity index (χ0) is 13.7. The van der Waals surface area contributed by atoms with Crippen LogP contribution in [-0.4, -0.2) is 10.9 Å². The van der Waals surface area contributed by atoms with Crippen molar-refractivity contribution in [3.63, 3.8) is 0 Å². The van der Waals surface area contributed by atoms with Gasteiger partial charge in [0.25, 0.3) is 5.91 Å². The Morgan fingerprint density at radius 1 is 1.42 bits per heavy atom. The minimum absolute atomic E-state index is 0.00924. The van der Waals surface area contributed by atoms with Crippen molar-refractivity contribution in [2.75, 3.05) is 0 Å². The van der Waals surface area contributed by atoms with Crippen molar-refractivity contribution < 1.29 is 4.79 Å². The molecule has 100 valence electrons. The fourth-order valence-electron chi connectivity index (χ4n) is 1.89. The molecule has 0 fully saturated rings. The number of nitrogens with zero attached hydrogens (tertiary/aromatic N) is 1. The van der Waals surface area contributed by atoms with E-state index in [0.29, 0.717) is 0 Å². The third-order valence-electron chi connectivity index (χ3n) is 2.97. The van der Waals surface area contributed by atoms with Gasteiger partial charge in [-0.05, 0) is 37.1 Å². The molecule has 0 radical (unpaired) electrons. The van der Waals surface area contributed by atoms with E-state index < -0.39 is 0 Å². The number of carbonyl (C=O) groups is 1. The molecular weight excluding hydrogens is 256 g/mol. The number of carbonyl (C=O) groups excluding carboxylic acids is 1. The summed E-state index contributed by atoms with van der Waals surface area (Å²) in [6.07, 6.45) is 5.62. The van der Waals surface area contributed by atoms with Crippen LogP contribution < -0.4 is 5.32 Å². The summed E-state index contributed by atoms with van der Waals surface area (Å²) in [6.45, 7) is 4.12. The molecule has 2 aromatic rings. The van der Waals surface area contributed by atoms with Crippen LogP contribution in [0, 0.1) is 0 Å². The number of nitrogens with one attached hydrogen (secondary N) is 1. The van der Waals surface area contributed by atoms with Gasteiger partial charge in [0, 0.05) is 22.7 Å². The molecule has 1 unspecified atom stereocenters. The zero-order valence-corrected chi connectivity index (χ0v) is 12.0. The average molecular weight is 274 g/mol. The van der Waals surface area contributed by atoms with Crippen molar-refractivity contribution in [1.29, 1.82) is 0 Å². The van der Waals surface area contributed by atoms with Gasteiger partial charge in [-0.25, -0.2) is 0 Å². The highest BCUT2D eigenvalue weighted by Crippen LogP contribution is 2.18. The third kappa shape index (κ3) is 3.64. The van der Waals surface area contributed by atoms with Crippen LogP contribution in [-0.2, 0) is 6.42 Å². The van der Waals surface area contributed by atoms with Crippen molar-refractivity contribution in [2.24, 2.45) is 0 Å². The largest absolute Gasteiger partial charge is 0.345 e. The van der Waals surface area contributed by atoms with Gasteiger partial charge in [0.15, 0.2) is 0 Å². The molecule has 19 heavy (non-hydrogen) atoms. The van der Waals surface area contributed by atoms with Crippen molar-refractivity contribution in [1.82, 2.24) is 10.3 Å². The first kappa shape index (κ1) is 13.7. The van der Waals surface area contributed by atoms with E-state index in [9.17, 15) is 4.79 Å². The van der Waals surface area contributed by atoms with Gasteiger partial charge in [-0.2, -0.15) is 0 Å². The lowest BCUT2D eigenvalue weighted by Crippen LogP contribution is -2.26. The van der Waals surface area contributed by atoms with Gasteiger partial charge >= 0.3 is 0 Å². The van der Waals surface area contributed by atoms with Crippen LogP contribution in [0.2, 0.25) is 0 Å². The van der Waals surface area contributed by atoms with Crippen LogP contribution in [0.1, 0.15) is 47.1 Å². The fraction of sp³-hybridized carbons (Fsp3) is 0.333. The van der Waals surface area contributed by atoms with Crippen LogP contribution in [0.5, 0.6) is 0 Å². The van der Waals surface area contributed by atoms with Crippen molar-refractivity contribution in [3.8, 4) is 0 Å². The van der Waals surface area contributed by atoms with Crippen molar-refractivity contribution in [2.45, 2.75) is 32.7 Å². The molecule has 0 aromatic carbocycles. The highest BCUT2D eigenvalue weighted by Gasteiger charge is 2.12. The Hall–Kier alpha value is -1.68. The molecule has 2 heterocycles. The van der Waals surface area contributed by atoms with Gasteiger partial charge in [0.05, 0.1) is 11.6 Å². The van der Waals surface area contributed by atoms with E-state index in [1.54, 1.807) is 23.7 Å². The molecule has 0 bridgehead atoms. The van der Waals surface area contributed by atoms with E-state index in [2.05, 4.69) is 17.2 Å². The lowest BCUT2D eigenvalue weighted by Gasteiger charge is -2.13. The predicted octanol–water partition coefficient (Wildman–Crippen LogP) is 3.59. The number of hydrogen-bond acceptors (Lipinski definition) is 3. The summed E-state index contributed by atoms with van der Waals surface area (Å²) in [6, 6.07) is 5.82. The first-order valence-electron chi connectivity index (χ1n) is 6.49. The topological polar surface area (TPSA) is 42.0 Å². The molecular formula is C15H18N2OS. The Balaban J connectivity index is 2.00. The summed E-state index contributed by atoms with van der Waals surface area (Å²) < 4.78 is 0. The van der Waals surface area contributed by atoms with Gasteiger partial charge in [0.1, 0.15) is 0 Å². The molecule has 2 rings (SSSR count). The van der Waals surface area contributed by atoms with E-state index in [1.165, 1.54) is 4.88 Å². The SMILES string of the molecule is CCCc1cc(C(=O)NC(C)c2ccncc2)cs1. The number of pyridine rings is 1. The molecule has 4 heteroatoms. The monoisotopic (exact) mass is 274 g/mol. The second kappa shape index (κ2) is 6.48. The summed E-state index contributed by atoms with van der Waals surface area (Å²) in [7, 11) is 0. The number of aryl methyl sites for hydroxylation is 1. The lowest BCUT2D eigenvalue weighted by atomic mass is 10.1. The van der Waals surface area contributed by atoms with Crippen LogP contribution in [0.3, 0.4) is 0 Å². The number of rotatable bonds is 5. The summed E-state index contributed by atoms with van der Waals surface area (Å²) >= 11 is 1.65. The van der Waals surface area contributed by atoms with Crippen LogP contribution in [0.15, 0.2) is 36.0 Å². The first-order valence-corrected chi connectivity index (χ1v) is 7.37. The Bertz CT molecular complexity index is 536. The number of aromatic nitrogens is 1. The Morgan fingerprint density at radius 3 is 2.84 bits per heavy atom. The summed E-state index contributed by atoms with van der Waals surface area (Å²) in [4.78, 5) is 17.4. The fourth-order valence-corrected chi connectivity index (χ4v) is 2.86. The van der Waals surface area contributed by atoms with Gasteiger partial charge in [0.2, 0.25) is 0 Å². The van der Waals surface area contributed by atoms with Crippen LogP contribution >= 0.6 is 11.3 Å². The van der Waals surface area contributed by atoms with E-state index in [0.717, 1.165) is 24.0 Å². The molecule has 0 aliphatic heterocycles. The van der Waals surface area contributed by atoms with E-state index >= 15 is 0 Å². The first-order chi connectivity index (χ1) is 9.20. The third-order valence-corrected chi connectivity index (χ3v) is 3.96. The Labute approximate surface area is 117 Å². The van der Waals surface area contributed by atoms with E-state index in [-0.39, 0.29) is 11.9 Å². The summed E-state index contributed by atoms with van der Waals surface area (Å²) in [5, 5.41) is 4.94. The highest BCUT2D eigenvalue weighted by molar-refractivity contribution is 7.10. The van der Waals surface area contributed by atoms with Crippen LogP contribution in [0.25, 0.3) is 0 Å². The molecule has 2 aromatic heterocycles. The summed E-state index contributed by atoms with van der Waals surface area (Å²) in [5.41, 5.74) is 1.82. The van der Waals surface area contributed by atoms with Gasteiger partial charge in [-0.1, -0.05) is 13.3 Å². The minimum Gasteiger partial charge on any atom is -0.345 e. The number of amides is 1. The van der Waals surface area contributed by atoms with Crippen molar-refractivity contribution in [3.05, 3.63) is 52.0 Å². The predicted molar refractivity (Wildman–Crippen MR) is 78.4 cm³/mol. The molecule has 0 saturated carbocycles. The maximum atomic E-state index is 12.1. The quantitative estimate of drug-likeness (QED) is 0.905. The van der Waals surface area contributed by atoms with Gasteiger partial charge < -0.3 is 5.32 Å². The van der Waals surface area contributed by atoms with Gasteiger partial charge in [-0.15, -0.1) is 11.3 Å². The lowest BCUT2D eigenvalue weighted by molar-refractivity contribution is 0.0940. The number of thiophene rings is 1. The maximum absolute atomic E-state index is 12.1. The van der Waals surface area contributed by atoms with E-state index in [1.807, 2.05) is 30.5 Å². The smallest absolute Gasteiger partial charge is 0.252 e. The molecule has 0 spiro atoms. The Kier molecular flexibility index (Phi) is 4.68. The highest BCUT2D eigenvalue weighted by atomic mass is 32.1. The van der Waals surface area contributed by atoms with Gasteiger partial charge in [-0.3, -0.25) is 9.78 Å². The zero-order valence-electron chi connectivity index (χ0n) is 11.2. The van der Waals surface area contributed by atoms with Crippen molar-refractivity contribution >= 4 is 17.2 Å². The molecule has 0 aliphatic rings. The summed E-state index contributed by atoms with van der Waals surface area (Å²) in [5.74, 6) is -0.0112.